The fourth-order valence-corrected chi connectivity index (χ4v) is 3.76. The number of rotatable bonds is 4. The minimum Gasteiger partial charge on any atom is -0.373 e. The smallest absolute Gasteiger partial charge is 0.243 e. The zero-order chi connectivity index (χ0) is 14.8. The molecule has 2 heterocycles. The summed E-state index contributed by atoms with van der Waals surface area (Å²) in [7, 11) is -3.50. The number of hydrogen-bond donors (Lipinski definition) is 1. The predicted octanol–water partition coefficient (Wildman–Crippen LogP) is 1.31. The van der Waals surface area contributed by atoms with Crippen molar-refractivity contribution in [2.45, 2.75) is 31.3 Å². The minimum absolute atomic E-state index is 0.265. The van der Waals surface area contributed by atoms with Crippen LogP contribution in [0.2, 0.25) is 0 Å². The van der Waals surface area contributed by atoms with Gasteiger partial charge < -0.3 is 10.1 Å². The maximum Gasteiger partial charge on any atom is 0.243 e. The number of pyridine rings is 1. The van der Waals surface area contributed by atoms with Crippen molar-refractivity contribution in [1.29, 1.82) is 0 Å². The van der Waals surface area contributed by atoms with Gasteiger partial charge in [-0.2, -0.15) is 4.31 Å². The Balaban J connectivity index is 2.28. The molecule has 0 aromatic carbocycles. The molecule has 1 aromatic heterocycles. The molecule has 1 N–H and O–H groups in total. The van der Waals surface area contributed by atoms with Crippen LogP contribution < -0.4 is 5.32 Å². The molecule has 1 aliphatic rings. The van der Waals surface area contributed by atoms with Crippen molar-refractivity contribution in [1.82, 2.24) is 9.29 Å². The maximum atomic E-state index is 12.6. The summed E-state index contributed by atoms with van der Waals surface area (Å²) in [6, 6.07) is 3.10. The molecule has 0 unspecified atom stereocenters. The van der Waals surface area contributed by atoms with Gasteiger partial charge in [-0.25, -0.2) is 13.4 Å². The first kappa shape index (κ1) is 15.2. The molecule has 0 amide bonds. The zero-order valence-electron chi connectivity index (χ0n) is 12.1. The lowest BCUT2D eigenvalue weighted by atomic mass is 10.1. The minimum atomic E-state index is -3.50. The fourth-order valence-electron chi connectivity index (χ4n) is 2.18. The summed E-state index contributed by atoms with van der Waals surface area (Å²) in [5, 5.41) is 3.02. The molecule has 1 aromatic rings. The van der Waals surface area contributed by atoms with E-state index >= 15 is 0 Å². The lowest BCUT2D eigenvalue weighted by Crippen LogP contribution is -2.50. The molecule has 0 radical (unpaired) electrons. The number of nitrogens with zero attached hydrogens (tertiary/aromatic N) is 2. The van der Waals surface area contributed by atoms with Crippen LogP contribution in [0.1, 0.15) is 20.8 Å². The highest BCUT2D eigenvalue weighted by molar-refractivity contribution is 7.89. The van der Waals surface area contributed by atoms with Gasteiger partial charge in [-0.1, -0.05) is 0 Å². The largest absolute Gasteiger partial charge is 0.373 e. The molecule has 6 nitrogen and oxygen atoms in total. The quantitative estimate of drug-likeness (QED) is 0.907. The Morgan fingerprint density at radius 3 is 2.90 bits per heavy atom. The number of hydrogen-bond acceptors (Lipinski definition) is 5. The van der Waals surface area contributed by atoms with Gasteiger partial charge in [0.2, 0.25) is 10.0 Å². The van der Waals surface area contributed by atoms with E-state index in [0.717, 1.165) is 0 Å². The predicted molar refractivity (Wildman–Crippen MR) is 77.2 cm³/mol. The van der Waals surface area contributed by atoms with Crippen molar-refractivity contribution in [3.63, 3.8) is 0 Å². The summed E-state index contributed by atoms with van der Waals surface area (Å²) in [6.45, 7) is 7.57. The van der Waals surface area contributed by atoms with Gasteiger partial charge in [-0.05, 0) is 26.8 Å². The average molecular weight is 299 g/mol. The van der Waals surface area contributed by atoms with Gasteiger partial charge >= 0.3 is 0 Å². The Hall–Kier alpha value is -1.18. The van der Waals surface area contributed by atoms with Crippen LogP contribution in [-0.2, 0) is 14.8 Å². The standard InChI is InChI=1S/C13H21N3O3S/c1-4-14-12-9-11(5-6-15-12)20(17,18)16-7-8-19-13(2,3)10-16/h5-6,9H,4,7-8,10H2,1-3H3,(H,14,15). The highest BCUT2D eigenvalue weighted by Crippen LogP contribution is 2.24. The van der Waals surface area contributed by atoms with Gasteiger partial charge in [-0.15, -0.1) is 0 Å². The van der Waals surface area contributed by atoms with Crippen molar-refractivity contribution in [2.75, 3.05) is 31.6 Å². The summed E-state index contributed by atoms with van der Waals surface area (Å²) < 4.78 is 32.3. The third-order valence-electron chi connectivity index (χ3n) is 3.12. The molecule has 1 saturated heterocycles. The summed E-state index contributed by atoms with van der Waals surface area (Å²) in [5.74, 6) is 0.570. The number of anilines is 1. The highest BCUT2D eigenvalue weighted by atomic mass is 32.2. The normalized spacial score (nSPS) is 19.8. The summed E-state index contributed by atoms with van der Waals surface area (Å²) >= 11 is 0. The van der Waals surface area contributed by atoms with E-state index in [1.54, 1.807) is 6.07 Å². The molecule has 7 heteroatoms. The molecule has 2 rings (SSSR count). The van der Waals surface area contributed by atoms with Crippen LogP contribution in [0.25, 0.3) is 0 Å². The Kier molecular flexibility index (Phi) is 4.31. The number of morpholine rings is 1. The van der Waals surface area contributed by atoms with Crippen LogP contribution in [0.3, 0.4) is 0 Å². The van der Waals surface area contributed by atoms with Crippen molar-refractivity contribution in [3.8, 4) is 0 Å². The lowest BCUT2D eigenvalue weighted by Gasteiger charge is -2.37. The highest BCUT2D eigenvalue weighted by Gasteiger charge is 2.34. The van der Waals surface area contributed by atoms with E-state index in [0.29, 0.717) is 32.1 Å². The van der Waals surface area contributed by atoms with E-state index in [9.17, 15) is 8.42 Å². The van der Waals surface area contributed by atoms with Crippen LogP contribution in [0.15, 0.2) is 23.2 Å². The molecule has 0 aliphatic carbocycles. The molecule has 1 aliphatic heterocycles. The lowest BCUT2D eigenvalue weighted by molar-refractivity contribution is -0.0640. The molecule has 1 fully saturated rings. The molecule has 112 valence electrons. The van der Waals surface area contributed by atoms with Crippen molar-refractivity contribution in [3.05, 3.63) is 18.3 Å². The fraction of sp³-hybridized carbons (Fsp3) is 0.615. The van der Waals surface area contributed by atoms with Crippen LogP contribution in [-0.4, -0.2) is 49.5 Å². The molecule has 0 atom stereocenters. The first-order valence-corrected chi connectivity index (χ1v) is 8.13. The van der Waals surface area contributed by atoms with Gasteiger partial charge in [0.1, 0.15) is 5.82 Å². The SMILES string of the molecule is CCNc1cc(S(=O)(=O)N2CCOC(C)(C)C2)ccn1. The van der Waals surface area contributed by atoms with E-state index in [4.69, 9.17) is 4.74 Å². The van der Waals surface area contributed by atoms with Gasteiger partial charge in [0.15, 0.2) is 0 Å². The molecular weight excluding hydrogens is 278 g/mol. The number of nitrogens with one attached hydrogen (secondary N) is 1. The van der Waals surface area contributed by atoms with Crippen molar-refractivity contribution in [2.24, 2.45) is 0 Å². The van der Waals surface area contributed by atoms with Crippen LogP contribution in [0.4, 0.5) is 5.82 Å². The molecule has 20 heavy (non-hydrogen) atoms. The first-order chi connectivity index (χ1) is 9.35. The van der Waals surface area contributed by atoms with Crippen molar-refractivity contribution < 1.29 is 13.2 Å². The number of sulfonamides is 1. The summed E-state index contributed by atoms with van der Waals surface area (Å²) in [6.07, 6.45) is 1.51. The maximum absolute atomic E-state index is 12.6. The molecule has 0 saturated carbocycles. The van der Waals surface area contributed by atoms with Gasteiger partial charge in [0.25, 0.3) is 0 Å². The average Bonchev–Trinajstić information content (AvgIpc) is 2.38. The van der Waals surface area contributed by atoms with Crippen molar-refractivity contribution >= 4 is 15.8 Å². The Bertz CT molecular complexity index is 572. The summed E-state index contributed by atoms with van der Waals surface area (Å²) in [5.41, 5.74) is -0.456. The third kappa shape index (κ3) is 3.28. The Morgan fingerprint density at radius 2 is 2.25 bits per heavy atom. The van der Waals surface area contributed by atoms with E-state index in [2.05, 4.69) is 10.3 Å². The van der Waals surface area contributed by atoms with Gasteiger partial charge in [0.05, 0.1) is 17.1 Å². The Morgan fingerprint density at radius 1 is 1.50 bits per heavy atom. The topological polar surface area (TPSA) is 71.5 Å². The van der Waals surface area contributed by atoms with Gasteiger partial charge in [-0.3, -0.25) is 0 Å². The molecule has 0 spiro atoms. The summed E-state index contributed by atoms with van der Waals surface area (Å²) in [4.78, 5) is 4.36. The monoisotopic (exact) mass is 299 g/mol. The second-order valence-electron chi connectivity index (χ2n) is 5.35. The van der Waals surface area contributed by atoms with E-state index < -0.39 is 15.6 Å². The second-order valence-corrected chi connectivity index (χ2v) is 7.29. The van der Waals surface area contributed by atoms with Crippen LogP contribution in [0, 0.1) is 0 Å². The van der Waals surface area contributed by atoms with Crippen LogP contribution >= 0.6 is 0 Å². The third-order valence-corrected chi connectivity index (χ3v) is 4.96. The molecular formula is C13H21N3O3S. The zero-order valence-corrected chi connectivity index (χ0v) is 12.9. The van der Waals surface area contributed by atoms with E-state index in [1.165, 1.54) is 16.6 Å². The van der Waals surface area contributed by atoms with Crippen LogP contribution in [0.5, 0.6) is 0 Å². The van der Waals surface area contributed by atoms with E-state index in [1.807, 2.05) is 20.8 Å². The molecule has 0 bridgehead atoms. The Labute approximate surface area is 120 Å². The van der Waals surface area contributed by atoms with E-state index in [-0.39, 0.29) is 4.90 Å². The first-order valence-electron chi connectivity index (χ1n) is 6.69. The second kappa shape index (κ2) is 5.67. The van der Waals surface area contributed by atoms with Gasteiger partial charge in [0, 0.05) is 31.9 Å². The number of ether oxygens (including phenoxy) is 1. The number of aromatic nitrogens is 1.